The molecule has 1 N–H and O–H groups in total. The SMILES string of the molecule is Oc1cccc(/C=C2/c3ccccc3CCc3ccc(Cl)cc32)c1. The molecule has 3 aromatic rings. The highest BCUT2D eigenvalue weighted by Crippen LogP contribution is 2.36. The summed E-state index contributed by atoms with van der Waals surface area (Å²) in [5.74, 6) is 0.276. The number of rotatable bonds is 1. The molecule has 2 heteroatoms. The summed E-state index contributed by atoms with van der Waals surface area (Å²) >= 11 is 6.28. The molecule has 0 saturated heterocycles. The molecule has 0 radical (unpaired) electrons. The molecule has 0 spiro atoms. The summed E-state index contributed by atoms with van der Waals surface area (Å²) in [6, 6.07) is 22.0. The third kappa shape index (κ3) is 2.83. The Labute approximate surface area is 146 Å². The number of phenols is 1. The molecule has 118 valence electrons. The summed E-state index contributed by atoms with van der Waals surface area (Å²) in [6.07, 6.45) is 4.15. The molecule has 1 nitrogen and oxygen atoms in total. The van der Waals surface area contributed by atoms with Crippen LogP contribution in [0.15, 0.2) is 66.7 Å². The third-order valence-corrected chi connectivity index (χ3v) is 4.75. The van der Waals surface area contributed by atoms with Crippen molar-refractivity contribution in [1.29, 1.82) is 0 Å². The normalized spacial score (nSPS) is 14.8. The Hall–Kier alpha value is -2.51. The predicted molar refractivity (Wildman–Crippen MR) is 100 cm³/mol. The van der Waals surface area contributed by atoms with E-state index in [0.29, 0.717) is 0 Å². The number of benzene rings is 3. The second kappa shape index (κ2) is 6.18. The first-order chi connectivity index (χ1) is 11.7. The van der Waals surface area contributed by atoms with Crippen molar-refractivity contribution in [1.82, 2.24) is 0 Å². The Bertz CT molecular complexity index is 940. The van der Waals surface area contributed by atoms with Crippen molar-refractivity contribution >= 4 is 23.3 Å². The van der Waals surface area contributed by atoms with Gasteiger partial charge in [0.05, 0.1) is 0 Å². The van der Waals surface area contributed by atoms with Gasteiger partial charge in [-0.25, -0.2) is 0 Å². The Morgan fingerprint density at radius 2 is 1.58 bits per heavy atom. The number of aryl methyl sites for hydroxylation is 2. The van der Waals surface area contributed by atoms with Crippen LogP contribution in [0.5, 0.6) is 5.75 Å². The molecule has 0 bridgehead atoms. The van der Waals surface area contributed by atoms with E-state index in [1.807, 2.05) is 24.3 Å². The van der Waals surface area contributed by atoms with Crippen molar-refractivity contribution in [3.05, 3.63) is 99.6 Å². The van der Waals surface area contributed by atoms with Gasteiger partial charge in [-0.3, -0.25) is 0 Å². The standard InChI is InChI=1S/C22H17ClO/c23-18-11-10-17-9-8-16-5-1-2-7-20(16)22(21(17)14-18)13-15-4-3-6-19(24)12-15/h1-7,10-14,24H,8-9H2/b22-13-. The van der Waals surface area contributed by atoms with Crippen LogP contribution < -0.4 is 0 Å². The van der Waals surface area contributed by atoms with Crippen LogP contribution in [-0.4, -0.2) is 5.11 Å². The highest BCUT2D eigenvalue weighted by atomic mass is 35.5. The van der Waals surface area contributed by atoms with Gasteiger partial charge in [0.25, 0.3) is 0 Å². The van der Waals surface area contributed by atoms with Crippen molar-refractivity contribution in [2.24, 2.45) is 0 Å². The highest BCUT2D eigenvalue weighted by Gasteiger charge is 2.18. The van der Waals surface area contributed by atoms with E-state index in [1.54, 1.807) is 12.1 Å². The predicted octanol–water partition coefficient (Wildman–Crippen LogP) is 5.73. The Morgan fingerprint density at radius 3 is 2.42 bits per heavy atom. The molecule has 1 aliphatic rings. The van der Waals surface area contributed by atoms with E-state index in [0.717, 1.165) is 29.0 Å². The van der Waals surface area contributed by atoms with Crippen LogP contribution in [0.1, 0.15) is 27.8 Å². The van der Waals surface area contributed by atoms with Gasteiger partial charge in [0.1, 0.15) is 5.75 Å². The maximum atomic E-state index is 9.78. The first kappa shape index (κ1) is 15.0. The van der Waals surface area contributed by atoms with Crippen molar-refractivity contribution in [2.75, 3.05) is 0 Å². The average Bonchev–Trinajstić information content (AvgIpc) is 2.73. The van der Waals surface area contributed by atoms with Crippen molar-refractivity contribution in [3.63, 3.8) is 0 Å². The van der Waals surface area contributed by atoms with Crippen LogP contribution in [0.4, 0.5) is 0 Å². The van der Waals surface area contributed by atoms with E-state index in [2.05, 4.69) is 36.4 Å². The van der Waals surface area contributed by atoms with Gasteiger partial charge < -0.3 is 5.11 Å². The Balaban J connectivity index is 1.98. The average molecular weight is 333 g/mol. The lowest BCUT2D eigenvalue weighted by Crippen LogP contribution is -1.92. The quantitative estimate of drug-likeness (QED) is 0.603. The van der Waals surface area contributed by atoms with Crippen LogP contribution in [0.2, 0.25) is 5.02 Å². The summed E-state index contributed by atoms with van der Waals surface area (Å²) < 4.78 is 0. The lowest BCUT2D eigenvalue weighted by Gasteiger charge is -2.13. The molecule has 0 atom stereocenters. The van der Waals surface area contributed by atoms with Gasteiger partial charge >= 0.3 is 0 Å². The summed E-state index contributed by atoms with van der Waals surface area (Å²) in [4.78, 5) is 0. The summed E-state index contributed by atoms with van der Waals surface area (Å²) in [5, 5.41) is 10.5. The van der Waals surface area contributed by atoms with Crippen molar-refractivity contribution < 1.29 is 5.11 Å². The molecule has 3 aromatic carbocycles. The number of hydrogen-bond acceptors (Lipinski definition) is 1. The van der Waals surface area contributed by atoms with Crippen LogP contribution in [0.3, 0.4) is 0 Å². The largest absolute Gasteiger partial charge is 0.508 e. The first-order valence-corrected chi connectivity index (χ1v) is 8.46. The molecule has 24 heavy (non-hydrogen) atoms. The molecule has 0 unspecified atom stereocenters. The van der Waals surface area contributed by atoms with Gasteiger partial charge in [0.2, 0.25) is 0 Å². The van der Waals surface area contributed by atoms with Crippen molar-refractivity contribution in [3.8, 4) is 5.75 Å². The fourth-order valence-electron chi connectivity index (χ4n) is 3.37. The van der Waals surface area contributed by atoms with E-state index in [9.17, 15) is 5.11 Å². The van der Waals surface area contributed by atoms with Crippen LogP contribution >= 0.6 is 11.6 Å². The van der Waals surface area contributed by atoms with Gasteiger partial charge in [-0.2, -0.15) is 0 Å². The third-order valence-electron chi connectivity index (χ3n) is 4.51. The molecule has 0 aliphatic heterocycles. The lowest BCUT2D eigenvalue weighted by atomic mass is 9.92. The monoisotopic (exact) mass is 332 g/mol. The van der Waals surface area contributed by atoms with Gasteiger partial charge in [-0.1, -0.05) is 54.1 Å². The number of aromatic hydroxyl groups is 1. The number of phenolic OH excluding ortho intramolecular Hbond substituents is 1. The fourth-order valence-corrected chi connectivity index (χ4v) is 3.54. The van der Waals surface area contributed by atoms with E-state index in [4.69, 9.17) is 11.6 Å². The molecule has 4 rings (SSSR count). The second-order valence-corrected chi connectivity index (χ2v) is 6.55. The maximum absolute atomic E-state index is 9.78. The molecule has 0 heterocycles. The van der Waals surface area contributed by atoms with Crippen molar-refractivity contribution in [2.45, 2.75) is 12.8 Å². The lowest BCUT2D eigenvalue weighted by molar-refractivity contribution is 0.475. The minimum absolute atomic E-state index is 0.276. The van der Waals surface area contributed by atoms with Gasteiger partial charge in [-0.05, 0) is 76.6 Å². The van der Waals surface area contributed by atoms with E-state index in [1.165, 1.54) is 22.3 Å². The molecule has 1 aliphatic carbocycles. The zero-order valence-electron chi connectivity index (χ0n) is 13.2. The molecule has 0 amide bonds. The minimum atomic E-state index is 0.276. The Kier molecular flexibility index (Phi) is 3.87. The smallest absolute Gasteiger partial charge is 0.116 e. The summed E-state index contributed by atoms with van der Waals surface area (Å²) in [7, 11) is 0. The molecule has 0 aromatic heterocycles. The fraction of sp³-hybridized carbons (Fsp3) is 0.0909. The molecule has 0 saturated carbocycles. The highest BCUT2D eigenvalue weighted by molar-refractivity contribution is 6.30. The van der Waals surface area contributed by atoms with Gasteiger partial charge in [0.15, 0.2) is 0 Å². The van der Waals surface area contributed by atoms with Crippen LogP contribution in [0.25, 0.3) is 11.6 Å². The van der Waals surface area contributed by atoms with Gasteiger partial charge in [0, 0.05) is 5.02 Å². The van der Waals surface area contributed by atoms with E-state index < -0.39 is 0 Å². The number of hydrogen-bond donors (Lipinski definition) is 1. The van der Waals surface area contributed by atoms with Crippen LogP contribution in [-0.2, 0) is 12.8 Å². The molecular weight excluding hydrogens is 316 g/mol. The minimum Gasteiger partial charge on any atom is -0.508 e. The van der Waals surface area contributed by atoms with E-state index >= 15 is 0 Å². The molecule has 0 fully saturated rings. The summed E-state index contributed by atoms with van der Waals surface area (Å²) in [6.45, 7) is 0. The zero-order chi connectivity index (χ0) is 16.5. The molecular formula is C22H17ClO. The second-order valence-electron chi connectivity index (χ2n) is 6.11. The first-order valence-electron chi connectivity index (χ1n) is 8.08. The topological polar surface area (TPSA) is 20.2 Å². The van der Waals surface area contributed by atoms with E-state index in [-0.39, 0.29) is 5.75 Å². The summed E-state index contributed by atoms with van der Waals surface area (Å²) in [5.41, 5.74) is 7.20. The van der Waals surface area contributed by atoms with Gasteiger partial charge in [-0.15, -0.1) is 0 Å². The zero-order valence-corrected chi connectivity index (χ0v) is 13.9. The Morgan fingerprint density at radius 1 is 0.792 bits per heavy atom. The number of halogens is 1. The number of fused-ring (bicyclic) bond motifs is 2. The maximum Gasteiger partial charge on any atom is 0.116 e. The van der Waals surface area contributed by atoms with Crippen LogP contribution in [0, 0.1) is 0 Å².